The third-order valence-corrected chi connectivity index (χ3v) is 2.43. The third kappa shape index (κ3) is 1.69. The first kappa shape index (κ1) is 9.00. The Balaban J connectivity index is 2.21. The number of carbonyl (C=O) groups excluding carboxylic acids is 1. The van der Waals surface area contributed by atoms with Gasteiger partial charge in [-0.25, -0.2) is 0 Å². The van der Waals surface area contributed by atoms with E-state index in [-0.39, 0.29) is 5.78 Å². The fourth-order valence-electron chi connectivity index (χ4n) is 1.54. The van der Waals surface area contributed by atoms with E-state index in [0.29, 0.717) is 12.5 Å². The largest absolute Gasteiger partial charge is 0.501 e. The SMILES string of the molecule is CC(=O)c1ccc(C2C=COC2)cc1. The number of carbonyl (C=O) groups is 1. The Morgan fingerprint density at radius 1 is 1.36 bits per heavy atom. The molecule has 2 rings (SSSR count). The van der Waals surface area contributed by atoms with Gasteiger partial charge in [-0.2, -0.15) is 0 Å². The van der Waals surface area contributed by atoms with Crippen molar-refractivity contribution < 1.29 is 9.53 Å². The molecule has 1 aliphatic rings. The standard InChI is InChI=1S/C12H12O2/c1-9(13)10-2-4-11(5-3-10)12-6-7-14-8-12/h2-7,12H,8H2,1H3. The molecule has 0 aromatic heterocycles. The van der Waals surface area contributed by atoms with Crippen molar-refractivity contribution in [2.45, 2.75) is 12.8 Å². The van der Waals surface area contributed by atoms with E-state index < -0.39 is 0 Å². The molecular formula is C12H12O2. The highest BCUT2D eigenvalue weighted by Crippen LogP contribution is 2.22. The predicted molar refractivity (Wildman–Crippen MR) is 54.3 cm³/mol. The van der Waals surface area contributed by atoms with Crippen LogP contribution in [0.3, 0.4) is 0 Å². The minimum absolute atomic E-state index is 0.106. The molecule has 14 heavy (non-hydrogen) atoms. The van der Waals surface area contributed by atoms with E-state index in [1.165, 1.54) is 5.56 Å². The molecule has 0 spiro atoms. The van der Waals surface area contributed by atoms with Crippen LogP contribution in [0, 0.1) is 0 Å². The Labute approximate surface area is 83.2 Å². The molecule has 1 aliphatic heterocycles. The first-order chi connectivity index (χ1) is 6.77. The van der Waals surface area contributed by atoms with E-state index >= 15 is 0 Å². The molecule has 2 nitrogen and oxygen atoms in total. The Hall–Kier alpha value is -1.57. The Morgan fingerprint density at radius 3 is 2.57 bits per heavy atom. The second kappa shape index (κ2) is 3.66. The number of ketones is 1. The molecule has 0 aliphatic carbocycles. The van der Waals surface area contributed by atoms with E-state index in [4.69, 9.17) is 4.74 Å². The Kier molecular flexibility index (Phi) is 2.35. The molecule has 0 saturated carbocycles. The third-order valence-electron chi connectivity index (χ3n) is 2.43. The molecule has 1 heterocycles. The van der Waals surface area contributed by atoms with Gasteiger partial charge in [-0.05, 0) is 18.6 Å². The zero-order valence-electron chi connectivity index (χ0n) is 8.07. The maximum Gasteiger partial charge on any atom is 0.159 e. The molecule has 2 heteroatoms. The molecule has 0 bridgehead atoms. The van der Waals surface area contributed by atoms with Crippen LogP contribution < -0.4 is 0 Å². The van der Waals surface area contributed by atoms with Gasteiger partial charge in [0.2, 0.25) is 0 Å². The highest BCUT2D eigenvalue weighted by molar-refractivity contribution is 5.94. The quantitative estimate of drug-likeness (QED) is 0.666. The monoisotopic (exact) mass is 188 g/mol. The summed E-state index contributed by atoms with van der Waals surface area (Å²) in [5.74, 6) is 0.450. The molecule has 1 aromatic carbocycles. The minimum atomic E-state index is 0.106. The zero-order valence-corrected chi connectivity index (χ0v) is 8.07. The number of hydrogen-bond acceptors (Lipinski definition) is 2. The summed E-state index contributed by atoms with van der Waals surface area (Å²) < 4.78 is 5.14. The van der Waals surface area contributed by atoms with Gasteiger partial charge < -0.3 is 4.74 Å². The lowest BCUT2D eigenvalue weighted by molar-refractivity contribution is 0.101. The van der Waals surface area contributed by atoms with Gasteiger partial charge in [0.25, 0.3) is 0 Å². The fourth-order valence-corrected chi connectivity index (χ4v) is 1.54. The number of benzene rings is 1. The molecule has 0 saturated heterocycles. The van der Waals surface area contributed by atoms with E-state index in [1.807, 2.05) is 30.3 Å². The van der Waals surface area contributed by atoms with E-state index in [0.717, 1.165) is 5.56 Å². The van der Waals surface area contributed by atoms with Gasteiger partial charge in [0.1, 0.15) is 0 Å². The smallest absolute Gasteiger partial charge is 0.159 e. The van der Waals surface area contributed by atoms with Gasteiger partial charge >= 0.3 is 0 Å². The maximum absolute atomic E-state index is 11.0. The first-order valence-electron chi connectivity index (χ1n) is 4.66. The van der Waals surface area contributed by atoms with Crippen molar-refractivity contribution in [1.82, 2.24) is 0 Å². The van der Waals surface area contributed by atoms with Crippen molar-refractivity contribution in [3.8, 4) is 0 Å². The molecule has 0 N–H and O–H groups in total. The zero-order chi connectivity index (χ0) is 9.97. The minimum Gasteiger partial charge on any atom is -0.501 e. The molecule has 1 atom stereocenters. The van der Waals surface area contributed by atoms with Crippen LogP contribution in [0.2, 0.25) is 0 Å². The van der Waals surface area contributed by atoms with Gasteiger partial charge in [-0.15, -0.1) is 0 Å². The van der Waals surface area contributed by atoms with E-state index in [9.17, 15) is 4.79 Å². The molecule has 0 fully saturated rings. The maximum atomic E-state index is 11.0. The normalized spacial score (nSPS) is 19.4. The van der Waals surface area contributed by atoms with Crippen LogP contribution in [0.15, 0.2) is 36.6 Å². The lowest BCUT2D eigenvalue weighted by Gasteiger charge is -2.06. The summed E-state index contributed by atoms with van der Waals surface area (Å²) in [4.78, 5) is 11.0. The van der Waals surface area contributed by atoms with Gasteiger partial charge in [0.15, 0.2) is 5.78 Å². The summed E-state index contributed by atoms with van der Waals surface area (Å²) in [5, 5.41) is 0. The van der Waals surface area contributed by atoms with Crippen LogP contribution in [-0.2, 0) is 4.74 Å². The molecule has 0 radical (unpaired) electrons. The summed E-state index contributed by atoms with van der Waals surface area (Å²) >= 11 is 0. The van der Waals surface area contributed by atoms with Gasteiger partial charge in [0.05, 0.1) is 12.9 Å². The topological polar surface area (TPSA) is 26.3 Å². The van der Waals surface area contributed by atoms with E-state index in [2.05, 4.69) is 0 Å². The summed E-state index contributed by atoms with van der Waals surface area (Å²) in [6.45, 7) is 2.28. The van der Waals surface area contributed by atoms with Gasteiger partial charge in [0, 0.05) is 11.5 Å². The molecule has 0 amide bonds. The highest BCUT2D eigenvalue weighted by atomic mass is 16.5. The van der Waals surface area contributed by atoms with Crippen LogP contribution in [0.1, 0.15) is 28.8 Å². The average molecular weight is 188 g/mol. The molecular weight excluding hydrogens is 176 g/mol. The van der Waals surface area contributed by atoms with Gasteiger partial charge in [-0.3, -0.25) is 4.79 Å². The number of rotatable bonds is 2. The lowest BCUT2D eigenvalue weighted by atomic mass is 9.99. The van der Waals surface area contributed by atoms with Crippen molar-refractivity contribution in [2.24, 2.45) is 0 Å². The summed E-state index contributed by atoms with van der Waals surface area (Å²) in [6, 6.07) is 7.70. The molecule has 1 aromatic rings. The average Bonchev–Trinajstić information content (AvgIpc) is 2.71. The number of hydrogen-bond donors (Lipinski definition) is 0. The number of Topliss-reactive ketones (excluding diaryl/α,β-unsaturated/α-hetero) is 1. The fraction of sp³-hybridized carbons (Fsp3) is 0.250. The Bertz CT molecular complexity index is 362. The summed E-state index contributed by atoms with van der Waals surface area (Å²) in [6.07, 6.45) is 3.76. The van der Waals surface area contributed by atoms with Crippen LogP contribution >= 0.6 is 0 Å². The van der Waals surface area contributed by atoms with Crippen molar-refractivity contribution in [2.75, 3.05) is 6.61 Å². The highest BCUT2D eigenvalue weighted by Gasteiger charge is 2.12. The van der Waals surface area contributed by atoms with Gasteiger partial charge in [-0.1, -0.05) is 24.3 Å². The van der Waals surface area contributed by atoms with Crippen LogP contribution in [0.4, 0.5) is 0 Å². The lowest BCUT2D eigenvalue weighted by Crippen LogP contribution is -1.98. The van der Waals surface area contributed by atoms with Crippen molar-refractivity contribution >= 4 is 5.78 Å². The summed E-state index contributed by atoms with van der Waals surface area (Å²) in [7, 11) is 0. The van der Waals surface area contributed by atoms with Crippen molar-refractivity contribution in [1.29, 1.82) is 0 Å². The number of ether oxygens (including phenoxy) is 1. The predicted octanol–water partition coefficient (Wildman–Crippen LogP) is 2.52. The van der Waals surface area contributed by atoms with Crippen molar-refractivity contribution in [3.63, 3.8) is 0 Å². The first-order valence-corrected chi connectivity index (χ1v) is 4.66. The van der Waals surface area contributed by atoms with Crippen LogP contribution in [0.5, 0.6) is 0 Å². The second-order valence-electron chi connectivity index (χ2n) is 3.45. The molecule has 72 valence electrons. The second-order valence-corrected chi connectivity index (χ2v) is 3.45. The summed E-state index contributed by atoms with van der Waals surface area (Å²) in [5.41, 5.74) is 1.96. The molecule has 1 unspecified atom stereocenters. The van der Waals surface area contributed by atoms with E-state index in [1.54, 1.807) is 13.2 Å². The Morgan fingerprint density at radius 2 is 2.07 bits per heavy atom. The van der Waals surface area contributed by atoms with Crippen molar-refractivity contribution in [3.05, 3.63) is 47.7 Å². The van der Waals surface area contributed by atoms with Crippen LogP contribution in [-0.4, -0.2) is 12.4 Å². The van der Waals surface area contributed by atoms with Crippen LogP contribution in [0.25, 0.3) is 0 Å².